The molecule has 1 fully saturated rings. The maximum absolute atomic E-state index is 5.87. The molecule has 1 N–H and O–H groups in total. The summed E-state index contributed by atoms with van der Waals surface area (Å²) in [6, 6.07) is 6.42. The topological polar surface area (TPSA) is 13.7 Å². The zero-order valence-electron chi connectivity index (χ0n) is 11.8. The van der Waals surface area contributed by atoms with E-state index in [1.54, 1.807) is 4.90 Å². The predicted octanol–water partition coefficient (Wildman–Crippen LogP) is 2.14. The number of quaternary nitrogens is 1. The Bertz CT molecular complexity index is 369. The monoisotopic (exact) mass is 248 g/mol. The Kier molecular flexibility index (Phi) is 5.06. The number of benzene rings is 1. The maximum atomic E-state index is 5.87. The van der Waals surface area contributed by atoms with Gasteiger partial charge in [0.1, 0.15) is 5.75 Å². The number of unbranched alkanes of at least 4 members (excludes halogenated alkanes) is 1. The van der Waals surface area contributed by atoms with E-state index in [2.05, 4.69) is 32.0 Å². The van der Waals surface area contributed by atoms with Crippen molar-refractivity contribution in [3.8, 4) is 5.75 Å². The molecule has 1 aliphatic rings. The lowest BCUT2D eigenvalue weighted by atomic mass is 10.1. The lowest BCUT2D eigenvalue weighted by Crippen LogP contribution is -3.09. The van der Waals surface area contributed by atoms with Crippen LogP contribution in [0, 0.1) is 13.8 Å². The first-order valence-electron chi connectivity index (χ1n) is 7.29. The predicted molar refractivity (Wildman–Crippen MR) is 75.4 cm³/mol. The Hall–Kier alpha value is -1.02. The third kappa shape index (κ3) is 4.02. The summed E-state index contributed by atoms with van der Waals surface area (Å²) in [5, 5.41) is 0. The number of rotatable bonds is 6. The van der Waals surface area contributed by atoms with Crippen molar-refractivity contribution in [3.05, 3.63) is 29.3 Å². The van der Waals surface area contributed by atoms with Crippen LogP contribution in [0.1, 0.15) is 36.8 Å². The summed E-state index contributed by atoms with van der Waals surface area (Å²) in [4.78, 5) is 1.79. The van der Waals surface area contributed by atoms with Gasteiger partial charge in [0.2, 0.25) is 0 Å². The highest BCUT2D eigenvalue weighted by Gasteiger charge is 2.13. The summed E-state index contributed by atoms with van der Waals surface area (Å²) < 4.78 is 5.87. The van der Waals surface area contributed by atoms with Crippen molar-refractivity contribution in [3.63, 3.8) is 0 Å². The minimum atomic E-state index is 0.859. The van der Waals surface area contributed by atoms with Crippen LogP contribution < -0.4 is 9.64 Å². The van der Waals surface area contributed by atoms with Crippen LogP contribution >= 0.6 is 0 Å². The Morgan fingerprint density at radius 2 is 1.89 bits per heavy atom. The number of nitrogens with one attached hydrogen (secondary N) is 1. The molecule has 1 aliphatic heterocycles. The summed E-state index contributed by atoms with van der Waals surface area (Å²) >= 11 is 0. The van der Waals surface area contributed by atoms with Crippen molar-refractivity contribution in [1.29, 1.82) is 0 Å². The van der Waals surface area contributed by atoms with Crippen LogP contribution in [0.4, 0.5) is 0 Å². The van der Waals surface area contributed by atoms with Gasteiger partial charge in [0.15, 0.2) is 0 Å². The molecule has 100 valence electrons. The Morgan fingerprint density at radius 1 is 1.11 bits per heavy atom. The lowest BCUT2D eigenvalue weighted by molar-refractivity contribution is -0.887. The molecule has 0 saturated carbocycles. The van der Waals surface area contributed by atoms with Crippen LogP contribution in [-0.2, 0) is 0 Å². The zero-order chi connectivity index (χ0) is 12.8. The van der Waals surface area contributed by atoms with Gasteiger partial charge in [-0.25, -0.2) is 0 Å². The molecule has 2 rings (SSSR count). The minimum absolute atomic E-state index is 0.859. The number of hydrogen-bond donors (Lipinski definition) is 1. The molecular formula is C16H26NO+. The second kappa shape index (κ2) is 6.79. The summed E-state index contributed by atoms with van der Waals surface area (Å²) in [5.41, 5.74) is 2.52. The molecule has 0 radical (unpaired) electrons. The minimum Gasteiger partial charge on any atom is -0.493 e. The molecule has 0 atom stereocenters. The molecule has 18 heavy (non-hydrogen) atoms. The second-order valence-electron chi connectivity index (χ2n) is 5.53. The molecule has 1 aromatic carbocycles. The van der Waals surface area contributed by atoms with Crippen LogP contribution in [0.15, 0.2) is 18.2 Å². The average Bonchev–Trinajstić information content (AvgIpc) is 2.86. The van der Waals surface area contributed by atoms with E-state index < -0.39 is 0 Å². The van der Waals surface area contributed by atoms with E-state index in [-0.39, 0.29) is 0 Å². The third-order valence-corrected chi connectivity index (χ3v) is 3.84. The van der Waals surface area contributed by atoms with Crippen LogP contribution in [-0.4, -0.2) is 26.2 Å². The fourth-order valence-corrected chi connectivity index (χ4v) is 2.65. The molecule has 2 nitrogen and oxygen atoms in total. The van der Waals surface area contributed by atoms with Crippen LogP contribution in [0.2, 0.25) is 0 Å². The van der Waals surface area contributed by atoms with Gasteiger partial charge in [-0.15, -0.1) is 0 Å². The van der Waals surface area contributed by atoms with E-state index in [1.807, 2.05) is 0 Å². The van der Waals surface area contributed by atoms with Gasteiger partial charge >= 0.3 is 0 Å². The molecule has 0 spiro atoms. The smallest absolute Gasteiger partial charge is 0.122 e. The van der Waals surface area contributed by atoms with Crippen LogP contribution in [0.25, 0.3) is 0 Å². The Morgan fingerprint density at radius 3 is 2.67 bits per heavy atom. The Balaban J connectivity index is 1.64. The summed E-state index contributed by atoms with van der Waals surface area (Å²) in [5.74, 6) is 1.06. The molecule has 0 bridgehead atoms. The van der Waals surface area contributed by atoms with E-state index in [1.165, 1.54) is 56.4 Å². The quantitative estimate of drug-likeness (QED) is 0.762. The lowest BCUT2D eigenvalue weighted by Gasteiger charge is -2.12. The normalized spacial score (nSPS) is 16.1. The van der Waals surface area contributed by atoms with Gasteiger partial charge in [0.05, 0.1) is 26.2 Å². The van der Waals surface area contributed by atoms with Gasteiger partial charge in [-0.05, 0) is 43.9 Å². The number of hydrogen-bond acceptors (Lipinski definition) is 1. The molecule has 0 amide bonds. The standard InChI is InChI=1S/C16H25NO/c1-14-7-8-15(2)16(13-14)18-12-6-5-11-17-9-3-4-10-17/h7-8,13H,3-6,9-12H2,1-2H3/p+1. The average molecular weight is 248 g/mol. The number of aryl methyl sites for hydroxylation is 2. The highest BCUT2D eigenvalue weighted by Crippen LogP contribution is 2.19. The number of ether oxygens (including phenoxy) is 1. The summed E-state index contributed by atoms with van der Waals surface area (Å²) in [6.07, 6.45) is 5.32. The molecule has 0 unspecified atom stereocenters. The molecule has 1 aromatic rings. The highest BCUT2D eigenvalue weighted by molar-refractivity contribution is 5.35. The first kappa shape index (κ1) is 13.4. The van der Waals surface area contributed by atoms with Crippen LogP contribution in [0.3, 0.4) is 0 Å². The second-order valence-corrected chi connectivity index (χ2v) is 5.53. The van der Waals surface area contributed by atoms with Gasteiger partial charge in [0.25, 0.3) is 0 Å². The van der Waals surface area contributed by atoms with Gasteiger partial charge in [0, 0.05) is 12.8 Å². The summed E-state index contributed by atoms with van der Waals surface area (Å²) in [6.45, 7) is 9.19. The molecule has 0 aromatic heterocycles. The molecule has 1 heterocycles. The Labute approximate surface area is 111 Å². The van der Waals surface area contributed by atoms with Gasteiger partial charge in [-0.2, -0.15) is 0 Å². The van der Waals surface area contributed by atoms with E-state index in [4.69, 9.17) is 4.74 Å². The van der Waals surface area contributed by atoms with Crippen molar-refractivity contribution < 1.29 is 9.64 Å². The van der Waals surface area contributed by atoms with E-state index in [9.17, 15) is 0 Å². The highest BCUT2D eigenvalue weighted by atomic mass is 16.5. The fraction of sp³-hybridized carbons (Fsp3) is 0.625. The maximum Gasteiger partial charge on any atom is 0.122 e. The van der Waals surface area contributed by atoms with Crippen molar-refractivity contribution in [2.24, 2.45) is 0 Å². The molecule has 1 saturated heterocycles. The van der Waals surface area contributed by atoms with Crippen molar-refractivity contribution in [2.75, 3.05) is 26.2 Å². The summed E-state index contributed by atoms with van der Waals surface area (Å²) in [7, 11) is 0. The van der Waals surface area contributed by atoms with E-state index in [0.717, 1.165) is 12.4 Å². The number of likely N-dealkylation sites (tertiary alicyclic amines) is 1. The first-order chi connectivity index (χ1) is 8.75. The molecule has 0 aliphatic carbocycles. The third-order valence-electron chi connectivity index (χ3n) is 3.84. The zero-order valence-corrected chi connectivity index (χ0v) is 11.8. The van der Waals surface area contributed by atoms with Gasteiger partial charge in [-0.3, -0.25) is 0 Å². The van der Waals surface area contributed by atoms with Gasteiger partial charge in [-0.1, -0.05) is 12.1 Å². The van der Waals surface area contributed by atoms with E-state index >= 15 is 0 Å². The van der Waals surface area contributed by atoms with Crippen molar-refractivity contribution in [1.82, 2.24) is 0 Å². The first-order valence-corrected chi connectivity index (χ1v) is 7.29. The van der Waals surface area contributed by atoms with Crippen molar-refractivity contribution >= 4 is 0 Å². The molecular weight excluding hydrogens is 222 g/mol. The van der Waals surface area contributed by atoms with Gasteiger partial charge < -0.3 is 9.64 Å². The fourth-order valence-electron chi connectivity index (χ4n) is 2.65. The van der Waals surface area contributed by atoms with E-state index in [0.29, 0.717) is 0 Å². The van der Waals surface area contributed by atoms with Crippen molar-refractivity contribution in [2.45, 2.75) is 39.5 Å². The van der Waals surface area contributed by atoms with Crippen LogP contribution in [0.5, 0.6) is 5.75 Å². The molecule has 2 heteroatoms. The largest absolute Gasteiger partial charge is 0.493 e. The SMILES string of the molecule is Cc1ccc(C)c(OCCCC[NH+]2CCCC2)c1.